The Balaban J connectivity index is 1.55. The zero-order valence-electron chi connectivity index (χ0n) is 18.1. The fourth-order valence-electron chi connectivity index (χ4n) is 2.85. The summed E-state index contributed by atoms with van der Waals surface area (Å²) in [7, 11) is -4.05. The van der Waals surface area contributed by atoms with Crippen molar-refractivity contribution >= 4 is 50.3 Å². The van der Waals surface area contributed by atoms with Crippen LogP contribution in [0.2, 0.25) is 0 Å². The van der Waals surface area contributed by atoms with Gasteiger partial charge in [0, 0.05) is 5.69 Å². The summed E-state index contributed by atoms with van der Waals surface area (Å²) in [5, 5.41) is 2.64. The lowest BCUT2D eigenvalue weighted by Gasteiger charge is -2.19. The number of anilines is 1. The third-order valence-electron chi connectivity index (χ3n) is 4.60. The molecular weight excluding hydrogens is 452 g/mol. The van der Waals surface area contributed by atoms with Crippen molar-refractivity contribution in [2.75, 3.05) is 11.9 Å². The van der Waals surface area contributed by atoms with Gasteiger partial charge in [0.25, 0.3) is 5.91 Å². The van der Waals surface area contributed by atoms with Crippen molar-refractivity contribution in [2.24, 2.45) is 0 Å². The summed E-state index contributed by atoms with van der Waals surface area (Å²) >= 11 is 0.894. The summed E-state index contributed by atoms with van der Waals surface area (Å²) in [6.07, 6.45) is 0. The molecule has 1 amide bonds. The molecule has 0 saturated carbocycles. The van der Waals surface area contributed by atoms with Gasteiger partial charge < -0.3 is 10.1 Å². The van der Waals surface area contributed by atoms with Gasteiger partial charge in [-0.15, -0.1) is 0 Å². The Labute approximate surface area is 190 Å². The fourth-order valence-corrected chi connectivity index (χ4v) is 4.81. The van der Waals surface area contributed by atoms with Crippen LogP contribution in [0.4, 0.5) is 5.69 Å². The van der Waals surface area contributed by atoms with Crippen molar-refractivity contribution in [3.8, 4) is 0 Å². The molecule has 3 rings (SSSR count). The van der Waals surface area contributed by atoms with Crippen LogP contribution >= 0.6 is 11.7 Å². The number of sulfonamides is 1. The Bertz CT molecular complexity index is 1230. The first kappa shape index (κ1) is 23.8. The van der Waals surface area contributed by atoms with E-state index in [4.69, 9.17) is 4.74 Å². The molecule has 2 N–H and O–H groups in total. The van der Waals surface area contributed by atoms with E-state index in [9.17, 15) is 18.0 Å². The zero-order chi connectivity index (χ0) is 23.5. The Morgan fingerprint density at radius 1 is 1.09 bits per heavy atom. The molecule has 1 atom stereocenters. The highest BCUT2D eigenvalue weighted by molar-refractivity contribution is 7.89. The molecule has 1 aromatic heterocycles. The van der Waals surface area contributed by atoms with Crippen molar-refractivity contribution < 1.29 is 22.7 Å². The lowest BCUT2D eigenvalue weighted by Crippen LogP contribution is -2.40. The van der Waals surface area contributed by atoms with Gasteiger partial charge in [0.1, 0.15) is 22.0 Å². The number of benzene rings is 2. The molecule has 0 radical (unpaired) electrons. The molecule has 0 bridgehead atoms. The van der Waals surface area contributed by atoms with Gasteiger partial charge in [-0.25, -0.2) is 8.42 Å². The molecule has 0 aliphatic rings. The van der Waals surface area contributed by atoms with Gasteiger partial charge in [0.15, 0.2) is 6.61 Å². The molecule has 0 spiro atoms. The first-order valence-electron chi connectivity index (χ1n) is 9.78. The first-order chi connectivity index (χ1) is 15.0. The maximum atomic E-state index is 12.7. The molecule has 11 heteroatoms. The van der Waals surface area contributed by atoms with Crippen LogP contribution in [-0.4, -0.2) is 41.7 Å². The highest BCUT2D eigenvalue weighted by Crippen LogP contribution is 2.23. The Hall–Kier alpha value is -2.89. The Morgan fingerprint density at radius 2 is 1.78 bits per heavy atom. The number of rotatable bonds is 7. The third-order valence-corrected chi connectivity index (χ3v) is 6.72. The topological polar surface area (TPSA) is 127 Å². The van der Waals surface area contributed by atoms with E-state index in [2.05, 4.69) is 39.6 Å². The third kappa shape index (κ3) is 5.67. The molecular formula is C21H24N4O5S2. The number of carbonyl (C=O) groups is 2. The molecule has 3 aromatic rings. The van der Waals surface area contributed by atoms with Crippen LogP contribution in [0.1, 0.15) is 33.3 Å². The number of nitrogens with zero attached hydrogens (tertiary/aromatic N) is 2. The van der Waals surface area contributed by atoms with Crippen LogP contribution in [0.5, 0.6) is 0 Å². The van der Waals surface area contributed by atoms with Gasteiger partial charge in [-0.1, -0.05) is 39.0 Å². The lowest BCUT2D eigenvalue weighted by molar-refractivity contribution is -0.148. The number of hydrogen-bond donors (Lipinski definition) is 2. The van der Waals surface area contributed by atoms with Crippen LogP contribution in [0.3, 0.4) is 0 Å². The second-order valence-corrected chi connectivity index (χ2v) is 10.4. The van der Waals surface area contributed by atoms with Gasteiger partial charge in [-0.3, -0.25) is 9.59 Å². The SMILES string of the molecule is C[C@H](NS(=O)(=O)c1cccc2nsnc12)C(=O)OCC(=O)Nc1ccc(C(C)(C)C)cc1. The average Bonchev–Trinajstić information content (AvgIpc) is 3.20. The van der Waals surface area contributed by atoms with Gasteiger partial charge in [0.05, 0.1) is 11.7 Å². The fraction of sp³-hybridized carbons (Fsp3) is 0.333. The summed E-state index contributed by atoms with van der Waals surface area (Å²) < 4.78 is 40.6. The van der Waals surface area contributed by atoms with Gasteiger partial charge in [0.2, 0.25) is 10.0 Å². The van der Waals surface area contributed by atoms with Gasteiger partial charge >= 0.3 is 5.97 Å². The van der Waals surface area contributed by atoms with Crippen LogP contribution in [0.15, 0.2) is 47.4 Å². The number of ether oxygens (including phenoxy) is 1. The molecule has 9 nitrogen and oxygen atoms in total. The van der Waals surface area contributed by atoms with E-state index in [-0.39, 0.29) is 15.8 Å². The molecule has 0 fully saturated rings. The van der Waals surface area contributed by atoms with E-state index in [1.165, 1.54) is 13.0 Å². The normalized spacial score (nSPS) is 13.0. The minimum absolute atomic E-state index is 0.0108. The van der Waals surface area contributed by atoms with Crippen molar-refractivity contribution in [1.29, 1.82) is 0 Å². The summed E-state index contributed by atoms with van der Waals surface area (Å²) in [5.74, 6) is -1.41. The van der Waals surface area contributed by atoms with E-state index in [0.29, 0.717) is 11.2 Å². The Kier molecular flexibility index (Phi) is 6.91. The number of fused-ring (bicyclic) bond motifs is 1. The van der Waals surface area contributed by atoms with Gasteiger partial charge in [-0.2, -0.15) is 13.5 Å². The number of nitrogens with one attached hydrogen (secondary N) is 2. The van der Waals surface area contributed by atoms with Crippen LogP contribution in [0.25, 0.3) is 11.0 Å². The van der Waals surface area contributed by atoms with Crippen LogP contribution in [0, 0.1) is 0 Å². The van der Waals surface area contributed by atoms with Crippen LogP contribution < -0.4 is 10.0 Å². The molecule has 32 heavy (non-hydrogen) atoms. The highest BCUT2D eigenvalue weighted by Gasteiger charge is 2.26. The van der Waals surface area contributed by atoms with E-state index in [1.54, 1.807) is 24.3 Å². The van der Waals surface area contributed by atoms with E-state index in [0.717, 1.165) is 17.3 Å². The minimum atomic E-state index is -4.05. The molecule has 0 aliphatic carbocycles. The minimum Gasteiger partial charge on any atom is -0.454 e. The number of hydrogen-bond acceptors (Lipinski definition) is 8. The first-order valence-corrected chi connectivity index (χ1v) is 12.0. The van der Waals surface area contributed by atoms with Crippen molar-refractivity contribution in [3.63, 3.8) is 0 Å². The quantitative estimate of drug-likeness (QED) is 0.502. The average molecular weight is 477 g/mol. The molecule has 0 unspecified atom stereocenters. The second-order valence-electron chi connectivity index (χ2n) is 8.21. The second kappa shape index (κ2) is 9.31. The molecule has 2 aromatic carbocycles. The van der Waals surface area contributed by atoms with E-state index in [1.807, 2.05) is 12.1 Å². The maximum Gasteiger partial charge on any atom is 0.324 e. The van der Waals surface area contributed by atoms with Crippen molar-refractivity contribution in [1.82, 2.24) is 13.5 Å². The predicted molar refractivity (Wildman–Crippen MR) is 122 cm³/mol. The molecule has 0 saturated heterocycles. The largest absolute Gasteiger partial charge is 0.454 e. The van der Waals surface area contributed by atoms with Crippen molar-refractivity contribution in [2.45, 2.75) is 44.0 Å². The number of aromatic nitrogens is 2. The molecule has 0 aliphatic heterocycles. The summed E-state index contributed by atoms with van der Waals surface area (Å²) in [6.45, 7) is 7.05. The van der Waals surface area contributed by atoms with E-state index < -0.39 is 34.5 Å². The smallest absolute Gasteiger partial charge is 0.324 e. The lowest BCUT2D eigenvalue weighted by atomic mass is 9.87. The maximum absolute atomic E-state index is 12.7. The van der Waals surface area contributed by atoms with Gasteiger partial charge in [-0.05, 0) is 42.2 Å². The van der Waals surface area contributed by atoms with E-state index >= 15 is 0 Å². The standard InChI is InChI=1S/C21H24N4O5S2/c1-13(25-32(28,29)17-7-5-6-16-19(17)24-31-23-16)20(27)30-12-18(26)22-15-10-8-14(9-11-15)21(2,3)4/h5-11,13,25H,12H2,1-4H3,(H,22,26)/t13-/m0/s1. The molecule has 1 heterocycles. The predicted octanol–water partition coefficient (Wildman–Crippen LogP) is 2.84. The number of esters is 1. The van der Waals surface area contributed by atoms with Crippen LogP contribution in [-0.2, 0) is 29.8 Å². The summed E-state index contributed by atoms with van der Waals surface area (Å²) in [6, 6.07) is 10.7. The monoisotopic (exact) mass is 476 g/mol. The summed E-state index contributed by atoms with van der Waals surface area (Å²) in [4.78, 5) is 24.2. The highest BCUT2D eigenvalue weighted by atomic mass is 32.2. The number of amides is 1. The molecule has 170 valence electrons. The Morgan fingerprint density at radius 3 is 2.44 bits per heavy atom. The van der Waals surface area contributed by atoms with Crippen molar-refractivity contribution in [3.05, 3.63) is 48.0 Å². The zero-order valence-corrected chi connectivity index (χ0v) is 19.7. The summed E-state index contributed by atoms with van der Waals surface area (Å²) in [5.41, 5.74) is 2.34. The number of carbonyl (C=O) groups excluding carboxylic acids is 2.